The smallest absolute Gasteiger partial charge is 0.248 e. The topological polar surface area (TPSA) is 47.6 Å². The van der Waals surface area contributed by atoms with Crippen molar-refractivity contribution in [2.75, 3.05) is 19.5 Å². The van der Waals surface area contributed by atoms with Gasteiger partial charge in [-0.15, -0.1) is 0 Å². The molecule has 0 atom stereocenters. The number of benzene rings is 2. The monoisotopic (exact) mass is 325 g/mol. The van der Waals surface area contributed by atoms with E-state index in [-0.39, 0.29) is 5.91 Å². The standard InChI is InChI=1S/C20H23NO3/c1-4-5-15-6-10-17(11-7-15)21-20(22)13-9-16-8-12-18(23-2)19(14-16)24-3/h6-14H,4-5H2,1-3H3,(H,21,22)/b13-9+. The minimum Gasteiger partial charge on any atom is -0.493 e. The quantitative estimate of drug-likeness (QED) is 0.772. The van der Waals surface area contributed by atoms with Crippen molar-refractivity contribution in [1.29, 1.82) is 0 Å². The van der Waals surface area contributed by atoms with E-state index in [1.54, 1.807) is 20.3 Å². The highest BCUT2D eigenvalue weighted by Gasteiger charge is 2.03. The first kappa shape index (κ1) is 17.6. The first-order valence-electron chi connectivity index (χ1n) is 7.96. The Labute approximate surface area is 143 Å². The molecule has 4 heteroatoms. The van der Waals surface area contributed by atoms with Gasteiger partial charge in [-0.25, -0.2) is 0 Å². The number of ether oxygens (including phenoxy) is 2. The van der Waals surface area contributed by atoms with Gasteiger partial charge in [-0.05, 0) is 47.9 Å². The van der Waals surface area contributed by atoms with E-state index in [1.165, 1.54) is 11.6 Å². The summed E-state index contributed by atoms with van der Waals surface area (Å²) in [6, 6.07) is 13.4. The molecule has 1 amide bonds. The summed E-state index contributed by atoms with van der Waals surface area (Å²) in [6.45, 7) is 2.15. The molecule has 1 N–H and O–H groups in total. The van der Waals surface area contributed by atoms with Crippen LogP contribution >= 0.6 is 0 Å². The van der Waals surface area contributed by atoms with Crippen LogP contribution in [0.4, 0.5) is 5.69 Å². The molecule has 24 heavy (non-hydrogen) atoms. The van der Waals surface area contributed by atoms with Gasteiger partial charge in [0.05, 0.1) is 14.2 Å². The van der Waals surface area contributed by atoms with Crippen LogP contribution in [-0.4, -0.2) is 20.1 Å². The Morgan fingerprint density at radius 2 is 1.75 bits per heavy atom. The van der Waals surface area contributed by atoms with E-state index in [1.807, 2.05) is 42.5 Å². The first-order chi connectivity index (χ1) is 11.7. The van der Waals surface area contributed by atoms with Crippen molar-refractivity contribution in [3.8, 4) is 11.5 Å². The van der Waals surface area contributed by atoms with Gasteiger partial charge in [0.25, 0.3) is 0 Å². The average molecular weight is 325 g/mol. The number of amides is 1. The van der Waals surface area contributed by atoms with E-state index >= 15 is 0 Å². The van der Waals surface area contributed by atoms with Crippen molar-refractivity contribution in [3.63, 3.8) is 0 Å². The molecule has 0 fully saturated rings. The zero-order valence-corrected chi connectivity index (χ0v) is 14.3. The van der Waals surface area contributed by atoms with Crippen molar-refractivity contribution >= 4 is 17.7 Å². The SMILES string of the molecule is CCCc1ccc(NC(=O)/C=C/c2ccc(OC)c(OC)c2)cc1. The van der Waals surface area contributed by atoms with Crippen LogP contribution < -0.4 is 14.8 Å². The zero-order chi connectivity index (χ0) is 17.4. The lowest BCUT2D eigenvalue weighted by Gasteiger charge is -2.07. The molecule has 0 aliphatic heterocycles. The van der Waals surface area contributed by atoms with Gasteiger partial charge in [0.2, 0.25) is 5.91 Å². The molecule has 0 unspecified atom stereocenters. The predicted molar refractivity (Wildman–Crippen MR) is 97.6 cm³/mol. The second-order valence-corrected chi connectivity index (χ2v) is 5.38. The molecule has 0 spiro atoms. The Hall–Kier alpha value is -2.75. The molecule has 126 valence electrons. The highest BCUT2D eigenvalue weighted by molar-refractivity contribution is 6.01. The van der Waals surface area contributed by atoms with Crippen LogP contribution in [0.15, 0.2) is 48.5 Å². The van der Waals surface area contributed by atoms with Crippen LogP contribution in [-0.2, 0) is 11.2 Å². The van der Waals surface area contributed by atoms with Gasteiger partial charge in [0.1, 0.15) is 0 Å². The molecule has 0 heterocycles. The van der Waals surface area contributed by atoms with Crippen molar-refractivity contribution < 1.29 is 14.3 Å². The summed E-state index contributed by atoms with van der Waals surface area (Å²) in [5.41, 5.74) is 2.93. The summed E-state index contributed by atoms with van der Waals surface area (Å²) in [4.78, 5) is 12.0. The third-order valence-corrected chi connectivity index (χ3v) is 3.59. The normalized spacial score (nSPS) is 10.6. The van der Waals surface area contributed by atoms with Gasteiger partial charge in [0, 0.05) is 11.8 Å². The van der Waals surface area contributed by atoms with Gasteiger partial charge >= 0.3 is 0 Å². The van der Waals surface area contributed by atoms with Crippen molar-refractivity contribution in [1.82, 2.24) is 0 Å². The van der Waals surface area contributed by atoms with Gasteiger partial charge in [-0.2, -0.15) is 0 Å². The van der Waals surface area contributed by atoms with Crippen LogP contribution in [0.5, 0.6) is 11.5 Å². The molecule has 0 aliphatic carbocycles. The van der Waals surface area contributed by atoms with E-state index in [2.05, 4.69) is 12.2 Å². The lowest BCUT2D eigenvalue weighted by atomic mass is 10.1. The fourth-order valence-electron chi connectivity index (χ4n) is 2.36. The summed E-state index contributed by atoms with van der Waals surface area (Å²) in [6.07, 6.45) is 5.40. The maximum Gasteiger partial charge on any atom is 0.248 e. The van der Waals surface area contributed by atoms with Crippen LogP contribution in [0.2, 0.25) is 0 Å². The molecule has 2 rings (SSSR count). The number of hydrogen-bond donors (Lipinski definition) is 1. The molecular formula is C20H23NO3. The van der Waals surface area contributed by atoms with Crippen LogP contribution in [0, 0.1) is 0 Å². The predicted octanol–water partition coefficient (Wildman–Crippen LogP) is 4.31. The average Bonchev–Trinajstić information content (AvgIpc) is 2.61. The third-order valence-electron chi connectivity index (χ3n) is 3.59. The van der Waals surface area contributed by atoms with Gasteiger partial charge in [-0.3, -0.25) is 4.79 Å². The van der Waals surface area contributed by atoms with E-state index in [0.717, 1.165) is 24.1 Å². The second-order valence-electron chi connectivity index (χ2n) is 5.38. The number of carbonyl (C=O) groups excluding carboxylic acids is 1. The third kappa shape index (κ3) is 4.88. The largest absolute Gasteiger partial charge is 0.493 e. The van der Waals surface area contributed by atoms with Crippen LogP contribution in [0.3, 0.4) is 0 Å². The Morgan fingerprint density at radius 1 is 1.04 bits per heavy atom. The van der Waals surface area contributed by atoms with Crippen LogP contribution in [0.25, 0.3) is 6.08 Å². The number of hydrogen-bond acceptors (Lipinski definition) is 3. The Kier molecular flexibility index (Phi) is 6.43. The molecule has 0 saturated carbocycles. The summed E-state index contributed by atoms with van der Waals surface area (Å²) < 4.78 is 10.4. The molecule has 2 aromatic carbocycles. The fraction of sp³-hybridized carbons (Fsp3) is 0.250. The number of methoxy groups -OCH3 is 2. The molecule has 4 nitrogen and oxygen atoms in total. The van der Waals surface area contributed by atoms with Crippen molar-refractivity contribution in [2.45, 2.75) is 19.8 Å². The minimum atomic E-state index is -0.173. The number of anilines is 1. The molecular weight excluding hydrogens is 302 g/mol. The first-order valence-corrected chi connectivity index (χ1v) is 7.96. The summed E-state index contributed by atoms with van der Waals surface area (Å²) in [7, 11) is 3.17. The molecule has 0 aliphatic rings. The lowest BCUT2D eigenvalue weighted by molar-refractivity contribution is -0.111. The number of carbonyl (C=O) groups is 1. The van der Waals surface area contributed by atoms with Gasteiger partial charge < -0.3 is 14.8 Å². The summed E-state index contributed by atoms with van der Waals surface area (Å²) in [5, 5.41) is 2.85. The van der Waals surface area contributed by atoms with Gasteiger partial charge in [0.15, 0.2) is 11.5 Å². The molecule has 0 aromatic heterocycles. The maximum absolute atomic E-state index is 12.0. The molecule has 0 saturated heterocycles. The Balaban J connectivity index is 1.99. The fourth-order valence-corrected chi connectivity index (χ4v) is 2.36. The molecule has 0 radical (unpaired) electrons. The summed E-state index contributed by atoms with van der Waals surface area (Å²) >= 11 is 0. The minimum absolute atomic E-state index is 0.173. The Morgan fingerprint density at radius 3 is 2.38 bits per heavy atom. The maximum atomic E-state index is 12.0. The van der Waals surface area contributed by atoms with E-state index in [0.29, 0.717) is 11.5 Å². The van der Waals surface area contributed by atoms with E-state index in [9.17, 15) is 4.79 Å². The summed E-state index contributed by atoms with van der Waals surface area (Å²) in [5.74, 6) is 1.12. The second kappa shape index (κ2) is 8.77. The van der Waals surface area contributed by atoms with E-state index < -0.39 is 0 Å². The van der Waals surface area contributed by atoms with Crippen molar-refractivity contribution in [2.24, 2.45) is 0 Å². The highest BCUT2D eigenvalue weighted by atomic mass is 16.5. The Bertz CT molecular complexity index is 705. The van der Waals surface area contributed by atoms with Gasteiger partial charge in [-0.1, -0.05) is 31.5 Å². The van der Waals surface area contributed by atoms with Crippen LogP contribution in [0.1, 0.15) is 24.5 Å². The van der Waals surface area contributed by atoms with E-state index in [4.69, 9.17) is 9.47 Å². The molecule has 2 aromatic rings. The van der Waals surface area contributed by atoms with Crippen molar-refractivity contribution in [3.05, 3.63) is 59.7 Å². The number of aryl methyl sites for hydroxylation is 1. The molecule has 0 bridgehead atoms. The zero-order valence-electron chi connectivity index (χ0n) is 14.3. The lowest BCUT2D eigenvalue weighted by Crippen LogP contribution is -2.07. The number of nitrogens with one attached hydrogen (secondary N) is 1. The number of rotatable bonds is 7. The highest BCUT2D eigenvalue weighted by Crippen LogP contribution is 2.27.